The van der Waals surface area contributed by atoms with Crippen molar-refractivity contribution in [1.82, 2.24) is 4.90 Å². The van der Waals surface area contributed by atoms with E-state index in [0.29, 0.717) is 0 Å². The average molecular weight is 145 g/mol. The Morgan fingerprint density at radius 1 is 1.30 bits per heavy atom. The van der Waals surface area contributed by atoms with Crippen LogP contribution in [0.15, 0.2) is 0 Å². The number of aliphatic hydroxyl groups is 1. The predicted molar refractivity (Wildman–Crippen MR) is 44.0 cm³/mol. The molecule has 0 radical (unpaired) electrons. The zero-order valence-corrected chi connectivity index (χ0v) is 7.68. The van der Waals surface area contributed by atoms with Crippen molar-refractivity contribution in [3.05, 3.63) is 0 Å². The predicted octanol–water partition coefficient (Wildman–Crippen LogP) is 0.955. The van der Waals surface area contributed by atoms with Gasteiger partial charge in [0.1, 0.15) is 0 Å². The van der Waals surface area contributed by atoms with Crippen LogP contribution in [0.3, 0.4) is 0 Å². The Bertz CT molecular complexity index is 93.9. The van der Waals surface area contributed by atoms with Crippen molar-refractivity contribution in [3.8, 4) is 0 Å². The van der Waals surface area contributed by atoms with Crippen LogP contribution >= 0.6 is 0 Å². The number of aliphatic hydroxyl groups excluding tert-OH is 1. The molecule has 2 heteroatoms. The van der Waals surface area contributed by atoms with Crippen molar-refractivity contribution in [1.29, 1.82) is 0 Å². The number of hydrogen-bond donors (Lipinski definition) is 1. The van der Waals surface area contributed by atoms with Gasteiger partial charge in [-0.3, -0.25) is 0 Å². The summed E-state index contributed by atoms with van der Waals surface area (Å²) in [5.74, 6) is 0. The summed E-state index contributed by atoms with van der Waals surface area (Å²) in [7, 11) is 3.98. The fourth-order valence-corrected chi connectivity index (χ4v) is 1.21. The fourth-order valence-electron chi connectivity index (χ4n) is 1.21. The van der Waals surface area contributed by atoms with Gasteiger partial charge in [-0.1, -0.05) is 20.8 Å². The maximum absolute atomic E-state index is 8.99. The summed E-state index contributed by atoms with van der Waals surface area (Å²) in [5.41, 5.74) is 0.165. The molecule has 0 aliphatic heterocycles. The van der Waals surface area contributed by atoms with Crippen molar-refractivity contribution in [3.63, 3.8) is 0 Å². The highest BCUT2D eigenvalue weighted by Gasteiger charge is 2.25. The van der Waals surface area contributed by atoms with Crippen molar-refractivity contribution in [2.75, 3.05) is 20.7 Å². The minimum Gasteiger partial charge on any atom is -0.395 e. The number of rotatable bonds is 2. The maximum atomic E-state index is 8.99. The molecule has 0 amide bonds. The molecule has 0 heterocycles. The molecule has 0 aliphatic rings. The van der Waals surface area contributed by atoms with Gasteiger partial charge in [0.2, 0.25) is 0 Å². The number of likely N-dealkylation sites (N-methyl/N-ethyl adjacent to an activating group) is 1. The van der Waals surface area contributed by atoms with E-state index in [4.69, 9.17) is 5.11 Å². The number of nitrogens with zero attached hydrogens (tertiary/aromatic N) is 1. The van der Waals surface area contributed by atoms with Gasteiger partial charge in [-0.2, -0.15) is 0 Å². The lowest BCUT2D eigenvalue weighted by molar-refractivity contribution is 0.0837. The van der Waals surface area contributed by atoms with E-state index in [2.05, 4.69) is 25.7 Å². The minimum atomic E-state index is 0.165. The standard InChI is InChI=1S/C8H19NO/c1-8(2,3)7(6-10)9(4)5/h7,10H,6H2,1-5H3. The van der Waals surface area contributed by atoms with Crippen LogP contribution in [0, 0.1) is 5.41 Å². The molecule has 62 valence electrons. The van der Waals surface area contributed by atoms with E-state index in [1.807, 2.05) is 14.1 Å². The van der Waals surface area contributed by atoms with Gasteiger partial charge in [0.15, 0.2) is 0 Å². The topological polar surface area (TPSA) is 23.5 Å². The molecule has 2 nitrogen and oxygen atoms in total. The van der Waals surface area contributed by atoms with Gasteiger partial charge in [0.05, 0.1) is 6.61 Å². The van der Waals surface area contributed by atoms with Gasteiger partial charge in [0, 0.05) is 6.04 Å². The molecule has 0 aromatic heterocycles. The fraction of sp³-hybridized carbons (Fsp3) is 1.00. The molecule has 0 aromatic rings. The second-order valence-corrected chi connectivity index (χ2v) is 4.03. The summed E-state index contributed by atoms with van der Waals surface area (Å²) in [6.07, 6.45) is 0. The summed E-state index contributed by atoms with van der Waals surface area (Å²) >= 11 is 0. The average Bonchev–Trinajstić information content (AvgIpc) is 1.60. The van der Waals surface area contributed by atoms with E-state index in [-0.39, 0.29) is 18.1 Å². The third kappa shape index (κ3) is 2.67. The highest BCUT2D eigenvalue weighted by molar-refractivity contribution is 4.78. The summed E-state index contributed by atoms with van der Waals surface area (Å²) in [6, 6.07) is 0.257. The first-order valence-electron chi connectivity index (χ1n) is 3.67. The second-order valence-electron chi connectivity index (χ2n) is 4.03. The molecule has 0 bridgehead atoms. The van der Waals surface area contributed by atoms with Crippen molar-refractivity contribution < 1.29 is 5.11 Å². The van der Waals surface area contributed by atoms with Gasteiger partial charge in [0.25, 0.3) is 0 Å². The minimum absolute atomic E-state index is 0.165. The largest absolute Gasteiger partial charge is 0.395 e. The Hall–Kier alpha value is -0.0800. The maximum Gasteiger partial charge on any atom is 0.0591 e. The first-order chi connectivity index (χ1) is 4.39. The van der Waals surface area contributed by atoms with E-state index < -0.39 is 0 Å². The Morgan fingerprint density at radius 3 is 1.70 bits per heavy atom. The Morgan fingerprint density at radius 2 is 1.70 bits per heavy atom. The van der Waals surface area contributed by atoms with Crippen molar-refractivity contribution in [2.45, 2.75) is 26.8 Å². The van der Waals surface area contributed by atoms with Crippen LogP contribution in [0.25, 0.3) is 0 Å². The van der Waals surface area contributed by atoms with E-state index in [0.717, 1.165) is 0 Å². The molecule has 0 fully saturated rings. The molecular weight excluding hydrogens is 126 g/mol. The molecule has 1 atom stereocenters. The lowest BCUT2D eigenvalue weighted by Gasteiger charge is -2.34. The molecule has 0 rings (SSSR count). The van der Waals surface area contributed by atoms with Crippen molar-refractivity contribution in [2.24, 2.45) is 5.41 Å². The summed E-state index contributed by atoms with van der Waals surface area (Å²) in [5, 5.41) is 8.99. The van der Waals surface area contributed by atoms with E-state index in [1.165, 1.54) is 0 Å². The van der Waals surface area contributed by atoms with Crippen LogP contribution in [-0.4, -0.2) is 36.8 Å². The summed E-state index contributed by atoms with van der Waals surface area (Å²) in [6.45, 7) is 6.63. The Labute approximate surface area is 63.8 Å². The van der Waals surface area contributed by atoms with Gasteiger partial charge < -0.3 is 10.0 Å². The first kappa shape index (κ1) is 9.92. The molecule has 0 aliphatic carbocycles. The summed E-state index contributed by atoms with van der Waals surface area (Å²) in [4.78, 5) is 2.06. The molecular formula is C8H19NO. The molecule has 0 aromatic carbocycles. The lowest BCUT2D eigenvalue weighted by atomic mass is 9.86. The van der Waals surface area contributed by atoms with E-state index in [9.17, 15) is 0 Å². The molecule has 1 unspecified atom stereocenters. The van der Waals surface area contributed by atoms with Gasteiger partial charge in [-0.15, -0.1) is 0 Å². The Kier molecular flexibility index (Phi) is 3.33. The van der Waals surface area contributed by atoms with Gasteiger partial charge >= 0.3 is 0 Å². The zero-order valence-electron chi connectivity index (χ0n) is 7.68. The highest BCUT2D eigenvalue weighted by Crippen LogP contribution is 2.21. The molecule has 0 saturated heterocycles. The van der Waals surface area contributed by atoms with E-state index >= 15 is 0 Å². The van der Waals surface area contributed by atoms with Crippen LogP contribution in [0.2, 0.25) is 0 Å². The van der Waals surface area contributed by atoms with Gasteiger partial charge in [-0.25, -0.2) is 0 Å². The van der Waals surface area contributed by atoms with Crippen LogP contribution in [0.4, 0.5) is 0 Å². The SMILES string of the molecule is CN(C)C(CO)C(C)(C)C. The third-order valence-corrected chi connectivity index (χ3v) is 1.80. The molecule has 10 heavy (non-hydrogen) atoms. The molecule has 1 N–H and O–H groups in total. The normalized spacial score (nSPS) is 15.9. The smallest absolute Gasteiger partial charge is 0.0591 e. The van der Waals surface area contributed by atoms with Crippen LogP contribution in [0.5, 0.6) is 0 Å². The number of hydrogen-bond acceptors (Lipinski definition) is 2. The zero-order chi connectivity index (χ0) is 8.36. The monoisotopic (exact) mass is 145 g/mol. The highest BCUT2D eigenvalue weighted by atomic mass is 16.3. The van der Waals surface area contributed by atoms with E-state index in [1.54, 1.807) is 0 Å². The second kappa shape index (κ2) is 3.35. The van der Waals surface area contributed by atoms with Crippen LogP contribution in [-0.2, 0) is 0 Å². The molecule has 0 saturated carbocycles. The molecule has 0 spiro atoms. The third-order valence-electron chi connectivity index (χ3n) is 1.80. The quantitative estimate of drug-likeness (QED) is 0.625. The van der Waals surface area contributed by atoms with Gasteiger partial charge in [-0.05, 0) is 19.5 Å². The summed E-state index contributed by atoms with van der Waals surface area (Å²) < 4.78 is 0. The van der Waals surface area contributed by atoms with Crippen molar-refractivity contribution >= 4 is 0 Å². The first-order valence-corrected chi connectivity index (χ1v) is 3.67. The Balaban J connectivity index is 4.07. The van der Waals surface area contributed by atoms with Crippen LogP contribution in [0.1, 0.15) is 20.8 Å². The van der Waals surface area contributed by atoms with Crippen LogP contribution < -0.4 is 0 Å². The lowest BCUT2D eigenvalue weighted by Crippen LogP contribution is -2.42.